The number of hydrogen-bond acceptors (Lipinski definition) is 7. The quantitative estimate of drug-likeness (QED) is 0.0607. The van der Waals surface area contributed by atoms with Gasteiger partial charge in [0.05, 0.1) is 45.7 Å². The third-order valence-corrected chi connectivity index (χ3v) is 10.2. The predicted octanol–water partition coefficient (Wildman–Crippen LogP) is 11.0. The van der Waals surface area contributed by atoms with Crippen LogP contribution >= 0.6 is 0 Å². The second-order valence-electron chi connectivity index (χ2n) is 14.8. The maximum atomic E-state index is 6.60. The molecule has 0 saturated carbocycles. The minimum atomic E-state index is -0.504. The summed E-state index contributed by atoms with van der Waals surface area (Å²) in [5.41, 5.74) is 3.31. The first-order valence-electron chi connectivity index (χ1n) is 21.1. The molecule has 0 N–H and O–H groups in total. The van der Waals surface area contributed by atoms with Crippen molar-refractivity contribution in [2.75, 3.05) is 33.5 Å². The molecule has 5 atom stereocenters. The molecule has 1 heterocycles. The highest BCUT2D eigenvalue weighted by Crippen LogP contribution is 2.29. The van der Waals surface area contributed by atoms with Gasteiger partial charge in [0.25, 0.3) is 0 Å². The van der Waals surface area contributed by atoms with Crippen LogP contribution < -0.4 is 0 Å². The van der Waals surface area contributed by atoms with E-state index in [2.05, 4.69) is 43.3 Å². The largest absolute Gasteiger partial charge is 0.379 e. The Balaban J connectivity index is 1.20. The molecule has 300 valence electrons. The van der Waals surface area contributed by atoms with Crippen LogP contribution in [0.1, 0.15) is 120 Å². The number of methoxy groups -OCH3 is 1. The van der Waals surface area contributed by atoms with E-state index in [4.69, 9.17) is 33.2 Å². The maximum Gasteiger partial charge on any atom is 0.160 e. The summed E-state index contributed by atoms with van der Waals surface area (Å²) >= 11 is 0. The summed E-state index contributed by atoms with van der Waals surface area (Å²) in [4.78, 5) is 0. The van der Waals surface area contributed by atoms with Crippen LogP contribution in [0.3, 0.4) is 0 Å². The minimum Gasteiger partial charge on any atom is -0.379 e. The summed E-state index contributed by atoms with van der Waals surface area (Å²) in [6.07, 6.45) is 17.7. The Labute approximate surface area is 327 Å². The van der Waals surface area contributed by atoms with Gasteiger partial charge in [0.2, 0.25) is 0 Å². The lowest BCUT2D eigenvalue weighted by molar-refractivity contribution is -0.283. The van der Waals surface area contributed by atoms with E-state index < -0.39 is 12.4 Å². The highest BCUT2D eigenvalue weighted by Gasteiger charge is 2.41. The molecule has 1 aliphatic rings. The Morgan fingerprint density at radius 1 is 0.556 bits per heavy atom. The summed E-state index contributed by atoms with van der Waals surface area (Å²) in [7, 11) is 1.71. The lowest BCUT2D eigenvalue weighted by Crippen LogP contribution is -2.53. The summed E-state index contributed by atoms with van der Waals surface area (Å²) in [6, 6.07) is 30.6. The molecule has 1 aliphatic heterocycles. The lowest BCUT2D eigenvalue weighted by atomic mass is 10.0. The van der Waals surface area contributed by atoms with Crippen LogP contribution in [-0.2, 0) is 53.0 Å². The van der Waals surface area contributed by atoms with Gasteiger partial charge in [-0.05, 0) is 23.1 Å². The fourth-order valence-corrected chi connectivity index (χ4v) is 6.93. The zero-order chi connectivity index (χ0) is 37.7. The number of benzene rings is 3. The van der Waals surface area contributed by atoms with Gasteiger partial charge in [-0.1, -0.05) is 181 Å². The number of unbranched alkanes of at least 4 members (excludes halogenated alkanes) is 13. The summed E-state index contributed by atoms with van der Waals surface area (Å²) in [5, 5.41) is 0. The molecule has 0 bridgehead atoms. The van der Waals surface area contributed by atoms with E-state index in [0.29, 0.717) is 46.1 Å². The first-order chi connectivity index (χ1) is 26.7. The van der Waals surface area contributed by atoms with E-state index in [-0.39, 0.29) is 18.3 Å². The highest BCUT2D eigenvalue weighted by molar-refractivity contribution is 5.15. The van der Waals surface area contributed by atoms with Gasteiger partial charge in [0.15, 0.2) is 6.29 Å². The van der Waals surface area contributed by atoms with Gasteiger partial charge >= 0.3 is 0 Å². The Bertz CT molecular complexity index is 1280. The van der Waals surface area contributed by atoms with Gasteiger partial charge in [-0.2, -0.15) is 0 Å². The van der Waals surface area contributed by atoms with Crippen molar-refractivity contribution >= 4 is 0 Å². The van der Waals surface area contributed by atoms with E-state index in [1.807, 2.05) is 54.6 Å². The molecular weight excluding hydrogens is 677 g/mol. The first kappa shape index (κ1) is 44.1. The highest BCUT2D eigenvalue weighted by atomic mass is 16.7. The smallest absolute Gasteiger partial charge is 0.160 e. The molecule has 3 aromatic rings. The lowest BCUT2D eigenvalue weighted by Gasteiger charge is -2.41. The fourth-order valence-electron chi connectivity index (χ4n) is 6.93. The van der Waals surface area contributed by atoms with Crippen molar-refractivity contribution in [2.45, 2.75) is 154 Å². The second kappa shape index (κ2) is 28.7. The van der Waals surface area contributed by atoms with Crippen molar-refractivity contribution in [1.29, 1.82) is 0 Å². The summed E-state index contributed by atoms with van der Waals surface area (Å²) in [5.74, 6) is 0. The molecule has 0 unspecified atom stereocenters. The molecule has 1 saturated heterocycles. The molecule has 1 fully saturated rings. The van der Waals surface area contributed by atoms with Crippen molar-refractivity contribution in [3.63, 3.8) is 0 Å². The van der Waals surface area contributed by atoms with Gasteiger partial charge in [-0.3, -0.25) is 0 Å². The Kier molecular flexibility index (Phi) is 23.5. The fraction of sp³-hybridized carbons (Fsp3) is 0.617. The number of rotatable bonds is 31. The molecule has 4 rings (SSSR count). The molecule has 0 aliphatic carbocycles. The van der Waals surface area contributed by atoms with E-state index in [1.54, 1.807) is 7.11 Å². The molecule has 0 amide bonds. The first-order valence-corrected chi connectivity index (χ1v) is 21.1. The molecule has 7 heteroatoms. The molecule has 3 aromatic carbocycles. The van der Waals surface area contributed by atoms with Crippen molar-refractivity contribution in [3.05, 3.63) is 108 Å². The standard InChI is InChI=1S/C47H70O7/c1-3-4-5-6-7-8-9-10-11-12-13-14-15-25-32-49-37-43(48-2)38-52-46-33-44(51-35-41-28-21-17-22-29-41)47(53-36-42-30-23-18-24-31-42)45(54-46)39-50-34-40-26-19-16-20-27-40/h16-24,26-31,43-47H,3-15,25,32-39H2,1-2H3/t43-,44-,45-,46-,47+/m1/s1. The van der Waals surface area contributed by atoms with Gasteiger partial charge in [-0.25, -0.2) is 0 Å². The molecule has 0 radical (unpaired) electrons. The third kappa shape index (κ3) is 18.8. The summed E-state index contributed by atoms with van der Waals surface area (Å²) < 4.78 is 44.2. The molecule has 7 nitrogen and oxygen atoms in total. The van der Waals surface area contributed by atoms with Crippen LogP contribution in [0.15, 0.2) is 91.0 Å². The van der Waals surface area contributed by atoms with Gasteiger partial charge in [-0.15, -0.1) is 0 Å². The van der Waals surface area contributed by atoms with Crippen LogP contribution in [0.25, 0.3) is 0 Å². The van der Waals surface area contributed by atoms with Crippen LogP contribution in [0.2, 0.25) is 0 Å². The molecular formula is C47H70O7. The predicted molar refractivity (Wildman–Crippen MR) is 217 cm³/mol. The third-order valence-electron chi connectivity index (χ3n) is 10.2. The zero-order valence-electron chi connectivity index (χ0n) is 33.5. The zero-order valence-corrected chi connectivity index (χ0v) is 33.5. The maximum absolute atomic E-state index is 6.60. The molecule has 0 aromatic heterocycles. The Morgan fingerprint density at radius 3 is 1.59 bits per heavy atom. The van der Waals surface area contributed by atoms with E-state index >= 15 is 0 Å². The van der Waals surface area contributed by atoms with Crippen LogP contribution in [0.4, 0.5) is 0 Å². The number of hydrogen-bond donors (Lipinski definition) is 0. The van der Waals surface area contributed by atoms with Crippen LogP contribution in [-0.4, -0.2) is 64.2 Å². The summed E-state index contributed by atoms with van der Waals surface area (Å²) in [6.45, 7) is 5.62. The van der Waals surface area contributed by atoms with Gasteiger partial charge < -0.3 is 33.2 Å². The van der Waals surface area contributed by atoms with Crippen molar-refractivity contribution in [1.82, 2.24) is 0 Å². The van der Waals surface area contributed by atoms with Gasteiger partial charge in [0.1, 0.15) is 18.3 Å². The molecule has 54 heavy (non-hydrogen) atoms. The SMILES string of the molecule is CCCCCCCCCCCCCCCCOC[C@H](CO[C@H]1C[C@@H](OCc2ccccc2)[C@H](OCc2ccccc2)[C@@H](COCc2ccccc2)O1)OC. The molecule has 0 spiro atoms. The Morgan fingerprint density at radius 2 is 1.06 bits per heavy atom. The monoisotopic (exact) mass is 747 g/mol. The number of ether oxygens (including phenoxy) is 7. The average Bonchev–Trinajstić information content (AvgIpc) is 3.21. The second-order valence-corrected chi connectivity index (χ2v) is 14.8. The van der Waals surface area contributed by atoms with Crippen molar-refractivity contribution in [3.8, 4) is 0 Å². The normalized spacial score (nSPS) is 19.2. The van der Waals surface area contributed by atoms with E-state index in [9.17, 15) is 0 Å². The van der Waals surface area contributed by atoms with Crippen molar-refractivity contribution in [2.24, 2.45) is 0 Å². The topological polar surface area (TPSA) is 64.6 Å². The average molecular weight is 747 g/mol. The van der Waals surface area contributed by atoms with E-state index in [1.165, 1.54) is 83.5 Å². The van der Waals surface area contributed by atoms with E-state index in [0.717, 1.165) is 29.7 Å². The van der Waals surface area contributed by atoms with Crippen LogP contribution in [0.5, 0.6) is 0 Å². The van der Waals surface area contributed by atoms with Gasteiger partial charge in [0, 0.05) is 20.1 Å². The van der Waals surface area contributed by atoms with Crippen LogP contribution in [0, 0.1) is 0 Å². The minimum absolute atomic E-state index is 0.191. The Hall–Kier alpha value is -2.62. The van der Waals surface area contributed by atoms with Crippen molar-refractivity contribution < 1.29 is 33.2 Å².